The van der Waals surface area contributed by atoms with E-state index in [1.54, 1.807) is 6.07 Å². The third kappa shape index (κ3) is 4.69. The molecule has 2 N–H and O–H groups in total. The second kappa shape index (κ2) is 7.57. The van der Waals surface area contributed by atoms with Crippen LogP contribution in [0.2, 0.25) is 0 Å². The summed E-state index contributed by atoms with van der Waals surface area (Å²) in [4.78, 5) is 4.19. The van der Waals surface area contributed by atoms with Crippen molar-refractivity contribution in [2.75, 3.05) is 25.5 Å². The summed E-state index contributed by atoms with van der Waals surface area (Å²) in [7, 11) is -2.09. The van der Waals surface area contributed by atoms with Gasteiger partial charge in [0.2, 0.25) is 10.0 Å². The first-order valence-electron chi connectivity index (χ1n) is 6.53. The molecule has 0 amide bonds. The second-order valence-corrected chi connectivity index (χ2v) is 7.12. The molecule has 1 aromatic heterocycles. The monoisotopic (exact) mass is 385 g/mol. The summed E-state index contributed by atoms with van der Waals surface area (Å²) in [6, 6.07) is 10.7. The molecular weight excluding hydrogens is 370 g/mol. The van der Waals surface area contributed by atoms with Gasteiger partial charge < -0.3 is 10.1 Å². The van der Waals surface area contributed by atoms with Gasteiger partial charge in [0.15, 0.2) is 0 Å². The topological polar surface area (TPSA) is 80.3 Å². The van der Waals surface area contributed by atoms with Crippen LogP contribution >= 0.6 is 15.9 Å². The van der Waals surface area contributed by atoms with Crippen LogP contribution in [0.3, 0.4) is 0 Å². The van der Waals surface area contributed by atoms with Crippen molar-refractivity contribution < 1.29 is 13.2 Å². The molecule has 2 rings (SSSR count). The van der Waals surface area contributed by atoms with Gasteiger partial charge >= 0.3 is 0 Å². The molecule has 1 aromatic carbocycles. The first-order chi connectivity index (χ1) is 10.5. The number of hydrogen-bond acceptors (Lipinski definition) is 5. The van der Waals surface area contributed by atoms with Crippen LogP contribution in [0.15, 0.2) is 52.0 Å². The minimum absolute atomic E-state index is 0.130. The first-order valence-corrected chi connectivity index (χ1v) is 8.81. The number of benzene rings is 1. The van der Waals surface area contributed by atoms with Crippen molar-refractivity contribution in [1.82, 2.24) is 9.71 Å². The lowest BCUT2D eigenvalue weighted by atomic mass is 10.3. The molecule has 22 heavy (non-hydrogen) atoms. The van der Waals surface area contributed by atoms with Gasteiger partial charge in [0.05, 0.1) is 6.54 Å². The van der Waals surface area contributed by atoms with Crippen LogP contribution in [0, 0.1) is 0 Å². The van der Waals surface area contributed by atoms with Crippen molar-refractivity contribution in [1.29, 1.82) is 0 Å². The number of nitrogens with zero attached hydrogens (tertiary/aromatic N) is 1. The second-order valence-electron chi connectivity index (χ2n) is 4.32. The molecule has 1 heterocycles. The Bertz CT molecular complexity index is 720. The van der Waals surface area contributed by atoms with Crippen LogP contribution in [-0.2, 0) is 10.0 Å². The number of halogens is 1. The van der Waals surface area contributed by atoms with E-state index < -0.39 is 10.0 Å². The van der Waals surface area contributed by atoms with Crippen molar-refractivity contribution in [2.24, 2.45) is 0 Å². The Morgan fingerprint density at radius 1 is 1.27 bits per heavy atom. The van der Waals surface area contributed by atoms with Crippen molar-refractivity contribution in [3.8, 4) is 5.75 Å². The highest BCUT2D eigenvalue weighted by Gasteiger charge is 2.10. The van der Waals surface area contributed by atoms with Gasteiger partial charge in [0.1, 0.15) is 23.1 Å². The molecule has 0 aliphatic carbocycles. The summed E-state index contributed by atoms with van der Waals surface area (Å²) in [6.45, 7) is 1.02. The Hall–Kier alpha value is -1.64. The average Bonchev–Trinajstić information content (AvgIpc) is 2.52. The molecule has 0 saturated carbocycles. The number of anilines is 1. The normalized spacial score (nSPS) is 11.2. The molecule has 6 nitrogen and oxygen atoms in total. The van der Waals surface area contributed by atoms with Crippen molar-refractivity contribution in [2.45, 2.75) is 4.90 Å². The largest absolute Gasteiger partial charge is 0.492 e. The molecule has 0 fully saturated rings. The molecule has 0 saturated heterocycles. The molecule has 0 radical (unpaired) electrons. The maximum absolute atomic E-state index is 11.6. The zero-order chi connectivity index (χ0) is 16.0. The van der Waals surface area contributed by atoms with Gasteiger partial charge in [0, 0.05) is 10.7 Å². The lowest BCUT2D eigenvalue weighted by Gasteiger charge is -2.09. The Morgan fingerprint density at radius 2 is 2.09 bits per heavy atom. The maximum atomic E-state index is 11.6. The van der Waals surface area contributed by atoms with Crippen LogP contribution in [-0.4, -0.2) is 33.6 Å². The Labute approximate surface area is 138 Å². The van der Waals surface area contributed by atoms with E-state index in [2.05, 4.69) is 31.0 Å². The molecule has 118 valence electrons. The van der Waals surface area contributed by atoms with Gasteiger partial charge in [-0.25, -0.2) is 18.1 Å². The lowest BCUT2D eigenvalue weighted by Crippen LogP contribution is -2.19. The zero-order valence-corrected chi connectivity index (χ0v) is 14.3. The van der Waals surface area contributed by atoms with Crippen LogP contribution in [0.4, 0.5) is 5.82 Å². The molecule has 0 spiro atoms. The average molecular weight is 386 g/mol. The Kier molecular flexibility index (Phi) is 5.76. The molecule has 0 bridgehead atoms. The number of sulfonamides is 1. The molecule has 0 aliphatic rings. The number of nitrogens with one attached hydrogen (secondary N) is 2. The van der Waals surface area contributed by atoms with Gasteiger partial charge in [-0.05, 0) is 37.4 Å². The SMILES string of the molecule is CNS(=O)(=O)c1ccc(NCCOc2cccc(Br)c2)nc1. The molecule has 2 aromatic rings. The summed E-state index contributed by atoms with van der Waals surface area (Å²) in [6.07, 6.45) is 1.31. The van der Waals surface area contributed by atoms with Gasteiger partial charge in [0.25, 0.3) is 0 Å². The van der Waals surface area contributed by atoms with Crippen LogP contribution < -0.4 is 14.8 Å². The Balaban J connectivity index is 1.82. The highest BCUT2D eigenvalue weighted by Crippen LogP contribution is 2.17. The zero-order valence-electron chi connectivity index (χ0n) is 11.9. The summed E-state index contributed by atoms with van der Waals surface area (Å²) >= 11 is 3.38. The van der Waals surface area contributed by atoms with E-state index in [1.807, 2.05) is 24.3 Å². The molecule has 0 atom stereocenters. The van der Waals surface area contributed by atoms with Crippen molar-refractivity contribution in [3.63, 3.8) is 0 Å². The molecular formula is C14H16BrN3O3S. The fourth-order valence-corrected chi connectivity index (χ4v) is 2.72. The third-order valence-electron chi connectivity index (χ3n) is 2.79. The lowest BCUT2D eigenvalue weighted by molar-refractivity contribution is 0.332. The smallest absolute Gasteiger partial charge is 0.241 e. The van der Waals surface area contributed by atoms with Gasteiger partial charge in [-0.3, -0.25) is 0 Å². The first kappa shape index (κ1) is 16.7. The van der Waals surface area contributed by atoms with Crippen LogP contribution in [0.5, 0.6) is 5.75 Å². The molecule has 8 heteroatoms. The highest BCUT2D eigenvalue weighted by molar-refractivity contribution is 9.10. The Morgan fingerprint density at radius 3 is 2.73 bits per heavy atom. The molecule has 0 aliphatic heterocycles. The predicted molar refractivity (Wildman–Crippen MR) is 88.6 cm³/mol. The number of rotatable bonds is 7. The summed E-state index contributed by atoms with van der Waals surface area (Å²) in [5.74, 6) is 1.37. The van der Waals surface area contributed by atoms with E-state index >= 15 is 0 Å². The van der Waals surface area contributed by atoms with Crippen molar-refractivity contribution in [3.05, 3.63) is 47.1 Å². The number of aromatic nitrogens is 1. The van der Waals surface area contributed by atoms with Gasteiger partial charge in [-0.1, -0.05) is 22.0 Å². The van der Waals surface area contributed by atoms with Crippen LogP contribution in [0.25, 0.3) is 0 Å². The van der Waals surface area contributed by atoms with E-state index in [0.29, 0.717) is 19.0 Å². The van der Waals surface area contributed by atoms with E-state index in [4.69, 9.17) is 4.74 Å². The standard InChI is InChI=1S/C14H16BrN3O3S/c1-16-22(19,20)13-5-6-14(18-10-13)17-7-8-21-12-4-2-3-11(15)9-12/h2-6,9-10,16H,7-8H2,1H3,(H,17,18). The fraction of sp³-hybridized carbons (Fsp3) is 0.214. The van der Waals surface area contributed by atoms with Crippen molar-refractivity contribution >= 4 is 31.8 Å². The van der Waals surface area contributed by atoms with E-state index in [9.17, 15) is 8.42 Å². The van der Waals surface area contributed by atoms with Gasteiger partial charge in [-0.15, -0.1) is 0 Å². The summed E-state index contributed by atoms with van der Waals surface area (Å²) < 4.78 is 31.9. The highest BCUT2D eigenvalue weighted by atomic mass is 79.9. The number of hydrogen-bond donors (Lipinski definition) is 2. The van der Waals surface area contributed by atoms with Gasteiger partial charge in [-0.2, -0.15) is 0 Å². The minimum atomic E-state index is -3.45. The van der Waals surface area contributed by atoms with Crippen LogP contribution in [0.1, 0.15) is 0 Å². The van der Waals surface area contributed by atoms with E-state index in [1.165, 1.54) is 19.3 Å². The fourth-order valence-electron chi connectivity index (χ4n) is 1.67. The molecule has 0 unspecified atom stereocenters. The van der Waals surface area contributed by atoms with E-state index in [0.717, 1.165) is 10.2 Å². The summed E-state index contributed by atoms with van der Waals surface area (Å²) in [5.41, 5.74) is 0. The summed E-state index contributed by atoms with van der Waals surface area (Å²) in [5, 5.41) is 3.06. The maximum Gasteiger partial charge on any atom is 0.241 e. The predicted octanol–water partition coefficient (Wildman–Crippen LogP) is 2.24. The van der Waals surface area contributed by atoms with E-state index in [-0.39, 0.29) is 4.90 Å². The third-order valence-corrected chi connectivity index (χ3v) is 4.68. The quantitative estimate of drug-likeness (QED) is 0.714. The number of pyridine rings is 1. The minimum Gasteiger partial charge on any atom is -0.492 e. The number of ether oxygens (including phenoxy) is 1.